The third-order valence-corrected chi connectivity index (χ3v) is 4.91. The summed E-state index contributed by atoms with van der Waals surface area (Å²) in [6.45, 7) is 8.41. The molecule has 0 radical (unpaired) electrons. The van der Waals surface area contributed by atoms with Crippen molar-refractivity contribution in [2.24, 2.45) is 0 Å². The van der Waals surface area contributed by atoms with Crippen molar-refractivity contribution in [3.8, 4) is 0 Å². The lowest BCUT2D eigenvalue weighted by atomic mass is 10.1. The summed E-state index contributed by atoms with van der Waals surface area (Å²) in [5.74, 6) is 0. The number of nitrogens with zero attached hydrogens (tertiary/aromatic N) is 1. The second kappa shape index (κ2) is 6.95. The molecule has 114 valence electrons. The van der Waals surface area contributed by atoms with Gasteiger partial charge in [-0.05, 0) is 54.4 Å². The van der Waals surface area contributed by atoms with E-state index in [0.717, 1.165) is 13.1 Å². The van der Waals surface area contributed by atoms with Gasteiger partial charge in [0.15, 0.2) is 0 Å². The van der Waals surface area contributed by atoms with E-state index in [-0.39, 0.29) is 5.54 Å². The second-order valence-electron chi connectivity index (χ2n) is 6.32. The molecule has 21 heavy (non-hydrogen) atoms. The van der Waals surface area contributed by atoms with E-state index in [4.69, 9.17) is 0 Å². The Balaban J connectivity index is 2.11. The smallest absolute Gasteiger partial charge is 0.0520 e. The highest BCUT2D eigenvalue weighted by atomic mass is 79.9. The lowest BCUT2D eigenvalue weighted by Crippen LogP contribution is -2.35. The maximum atomic E-state index is 3.57. The van der Waals surface area contributed by atoms with Gasteiger partial charge in [0.1, 0.15) is 0 Å². The van der Waals surface area contributed by atoms with Crippen LogP contribution in [-0.2, 0) is 13.1 Å². The fourth-order valence-corrected chi connectivity index (χ4v) is 3.65. The number of thiophene rings is 1. The number of benzene rings is 1. The fraction of sp³-hybridized carbons (Fsp3) is 0.412. The molecule has 0 fully saturated rings. The summed E-state index contributed by atoms with van der Waals surface area (Å²) in [6.07, 6.45) is 0. The van der Waals surface area contributed by atoms with Gasteiger partial charge in [-0.1, -0.05) is 18.2 Å². The first kappa shape index (κ1) is 16.5. The van der Waals surface area contributed by atoms with Gasteiger partial charge in [-0.2, -0.15) is 0 Å². The minimum atomic E-state index is 0.129. The van der Waals surface area contributed by atoms with Crippen molar-refractivity contribution in [2.75, 3.05) is 11.9 Å². The predicted molar refractivity (Wildman–Crippen MR) is 97.2 cm³/mol. The van der Waals surface area contributed by atoms with Crippen LogP contribution in [0.1, 0.15) is 31.2 Å². The molecular formula is C17H23BrN2S. The predicted octanol–water partition coefficient (Wildman–Crippen LogP) is 5.04. The molecule has 0 spiro atoms. The molecule has 0 atom stereocenters. The van der Waals surface area contributed by atoms with E-state index in [0.29, 0.717) is 0 Å². The molecule has 0 aliphatic rings. The van der Waals surface area contributed by atoms with Crippen LogP contribution in [0.4, 0.5) is 5.69 Å². The van der Waals surface area contributed by atoms with Gasteiger partial charge in [-0.3, -0.25) is 0 Å². The Morgan fingerprint density at radius 2 is 1.95 bits per heavy atom. The van der Waals surface area contributed by atoms with Gasteiger partial charge < -0.3 is 10.2 Å². The molecule has 0 saturated heterocycles. The van der Waals surface area contributed by atoms with Crippen LogP contribution >= 0.6 is 27.3 Å². The minimum absolute atomic E-state index is 0.129. The Morgan fingerprint density at radius 1 is 1.24 bits per heavy atom. The van der Waals surface area contributed by atoms with Crippen LogP contribution < -0.4 is 10.2 Å². The van der Waals surface area contributed by atoms with E-state index >= 15 is 0 Å². The van der Waals surface area contributed by atoms with Gasteiger partial charge >= 0.3 is 0 Å². The highest BCUT2D eigenvalue weighted by Gasteiger charge is 2.12. The summed E-state index contributed by atoms with van der Waals surface area (Å²) >= 11 is 5.31. The second-order valence-corrected chi connectivity index (χ2v) is 8.23. The topological polar surface area (TPSA) is 15.3 Å². The Hall–Kier alpha value is -0.840. The fourth-order valence-electron chi connectivity index (χ4n) is 2.15. The molecule has 1 heterocycles. The van der Waals surface area contributed by atoms with Crippen molar-refractivity contribution in [3.05, 3.63) is 50.6 Å². The van der Waals surface area contributed by atoms with Gasteiger partial charge in [-0.25, -0.2) is 0 Å². The minimum Gasteiger partial charge on any atom is -0.369 e. The molecule has 1 N–H and O–H groups in total. The van der Waals surface area contributed by atoms with Crippen LogP contribution in [0.2, 0.25) is 0 Å². The summed E-state index contributed by atoms with van der Waals surface area (Å²) in [7, 11) is 2.16. The number of halogens is 1. The number of hydrogen-bond acceptors (Lipinski definition) is 3. The van der Waals surface area contributed by atoms with Crippen LogP contribution in [0.25, 0.3) is 0 Å². The van der Waals surface area contributed by atoms with Gasteiger partial charge in [0, 0.05) is 39.5 Å². The van der Waals surface area contributed by atoms with Gasteiger partial charge in [0.25, 0.3) is 0 Å². The molecule has 0 amide bonds. The van der Waals surface area contributed by atoms with E-state index in [1.165, 1.54) is 20.6 Å². The van der Waals surface area contributed by atoms with E-state index in [2.05, 4.69) is 89.7 Å². The van der Waals surface area contributed by atoms with Crippen molar-refractivity contribution in [2.45, 2.75) is 39.4 Å². The number of rotatable bonds is 5. The largest absolute Gasteiger partial charge is 0.369 e. The van der Waals surface area contributed by atoms with E-state index in [1.54, 1.807) is 11.3 Å². The molecule has 2 rings (SSSR count). The quantitative estimate of drug-likeness (QED) is 0.797. The normalized spacial score (nSPS) is 11.7. The lowest BCUT2D eigenvalue weighted by molar-refractivity contribution is 0.424. The highest BCUT2D eigenvalue weighted by Crippen LogP contribution is 2.25. The molecule has 2 aromatic rings. The average molecular weight is 367 g/mol. The van der Waals surface area contributed by atoms with Crippen LogP contribution in [0.3, 0.4) is 0 Å². The first-order valence-corrected chi connectivity index (χ1v) is 8.79. The summed E-state index contributed by atoms with van der Waals surface area (Å²) in [6, 6.07) is 10.8. The number of nitrogens with one attached hydrogen (secondary N) is 1. The monoisotopic (exact) mass is 366 g/mol. The maximum absolute atomic E-state index is 3.57. The van der Waals surface area contributed by atoms with Crippen molar-refractivity contribution >= 4 is 33.0 Å². The molecule has 0 aliphatic heterocycles. The Morgan fingerprint density at radius 3 is 2.57 bits per heavy atom. The first-order valence-electron chi connectivity index (χ1n) is 7.12. The SMILES string of the molecule is CN(Cc1cc(Br)cs1)c1ccccc1CNC(C)(C)C. The third kappa shape index (κ3) is 5.13. The highest BCUT2D eigenvalue weighted by molar-refractivity contribution is 9.10. The van der Waals surface area contributed by atoms with Crippen molar-refractivity contribution in [1.82, 2.24) is 5.32 Å². The molecule has 0 saturated carbocycles. The molecule has 0 bridgehead atoms. The third-order valence-electron chi connectivity index (χ3n) is 3.23. The van der Waals surface area contributed by atoms with Gasteiger partial charge in [0.2, 0.25) is 0 Å². The number of para-hydroxylation sites is 1. The van der Waals surface area contributed by atoms with E-state index in [9.17, 15) is 0 Å². The molecular weight excluding hydrogens is 344 g/mol. The summed E-state index contributed by atoms with van der Waals surface area (Å²) in [5, 5.41) is 5.71. The molecule has 1 aromatic carbocycles. The first-order chi connectivity index (χ1) is 9.85. The van der Waals surface area contributed by atoms with E-state index < -0.39 is 0 Å². The van der Waals surface area contributed by atoms with E-state index in [1.807, 2.05) is 0 Å². The molecule has 4 heteroatoms. The lowest BCUT2D eigenvalue weighted by Gasteiger charge is -2.25. The van der Waals surface area contributed by atoms with Crippen LogP contribution in [0.15, 0.2) is 40.2 Å². The number of hydrogen-bond donors (Lipinski definition) is 1. The summed E-state index contributed by atoms with van der Waals surface area (Å²) < 4.78 is 1.17. The molecule has 1 aromatic heterocycles. The Labute approximate surface area is 140 Å². The van der Waals surface area contributed by atoms with Gasteiger partial charge in [0.05, 0.1) is 6.54 Å². The molecule has 2 nitrogen and oxygen atoms in total. The van der Waals surface area contributed by atoms with Crippen LogP contribution in [-0.4, -0.2) is 12.6 Å². The van der Waals surface area contributed by atoms with Crippen molar-refractivity contribution < 1.29 is 0 Å². The van der Waals surface area contributed by atoms with Crippen molar-refractivity contribution in [1.29, 1.82) is 0 Å². The van der Waals surface area contributed by atoms with Gasteiger partial charge in [-0.15, -0.1) is 11.3 Å². The zero-order valence-electron chi connectivity index (χ0n) is 13.1. The zero-order chi connectivity index (χ0) is 15.5. The number of anilines is 1. The maximum Gasteiger partial charge on any atom is 0.0520 e. The van der Waals surface area contributed by atoms with Crippen molar-refractivity contribution in [3.63, 3.8) is 0 Å². The summed E-state index contributed by atoms with van der Waals surface area (Å²) in [5.41, 5.74) is 2.76. The standard InChI is InChI=1S/C17H23BrN2S/c1-17(2,3)19-10-13-7-5-6-8-16(13)20(4)11-15-9-14(18)12-21-15/h5-9,12,19H,10-11H2,1-4H3. The zero-order valence-corrected chi connectivity index (χ0v) is 15.5. The molecule has 0 unspecified atom stereocenters. The van der Waals surface area contributed by atoms with Crippen LogP contribution in [0, 0.1) is 0 Å². The Kier molecular flexibility index (Phi) is 5.47. The Bertz CT molecular complexity index is 586. The van der Waals surface area contributed by atoms with Crippen LogP contribution in [0.5, 0.6) is 0 Å². The molecule has 0 aliphatic carbocycles. The summed E-state index contributed by atoms with van der Waals surface area (Å²) in [4.78, 5) is 3.68. The average Bonchev–Trinajstić information content (AvgIpc) is 2.81.